The number of nitrogens with zero attached hydrogens (tertiary/aromatic N) is 1. The molecule has 0 aliphatic rings. The van der Waals surface area contributed by atoms with Gasteiger partial charge in [0.25, 0.3) is 0 Å². The summed E-state index contributed by atoms with van der Waals surface area (Å²) < 4.78 is 0. The number of rotatable bonds is 1. The fraction of sp³-hybridized carbons (Fsp3) is 0.900. The topological polar surface area (TPSA) is 38.4 Å². The van der Waals surface area contributed by atoms with Crippen molar-refractivity contribution < 1.29 is 20.3 Å². The van der Waals surface area contributed by atoms with Gasteiger partial charge in [-0.05, 0) is 26.2 Å². The van der Waals surface area contributed by atoms with Crippen LogP contribution < -0.4 is 24.6 Å². The number of hydrogen-bond acceptors (Lipinski definition) is 1. The van der Waals surface area contributed by atoms with Gasteiger partial charge < -0.3 is 7.16 Å². The second kappa shape index (κ2) is 5.07. The van der Waals surface area contributed by atoms with Crippen molar-refractivity contribution in [3.8, 4) is 0 Å². The fourth-order valence-corrected chi connectivity index (χ4v) is 1.01. The predicted molar refractivity (Wildman–Crippen MR) is 56.6 cm³/mol. The molecule has 0 saturated carbocycles. The van der Waals surface area contributed by atoms with Crippen molar-refractivity contribution in [2.75, 3.05) is 0 Å². The molecule has 0 aromatic heterocycles. The van der Waals surface area contributed by atoms with Crippen molar-refractivity contribution in [1.29, 1.82) is 0 Å². The molecular formula is C10H23LiN2. The van der Waals surface area contributed by atoms with Crippen LogP contribution in [-0.2, 0) is 0 Å². The average molecular weight is 178 g/mol. The first-order chi connectivity index (χ1) is 5.10. The van der Waals surface area contributed by atoms with Gasteiger partial charge in [0.1, 0.15) is 0 Å². The zero-order chi connectivity index (χ0) is 9.99. The second-order valence-corrected chi connectivity index (χ2v) is 5.51. The Kier molecular flexibility index (Phi) is 6.06. The molecule has 0 atom stereocenters. The van der Waals surface area contributed by atoms with Gasteiger partial charge in [0.15, 0.2) is 0 Å². The Bertz CT molecular complexity index is 178. The molecule has 13 heavy (non-hydrogen) atoms. The minimum Gasteiger partial charge on any atom is -1.00 e. The zero-order valence-electron chi connectivity index (χ0n) is 11.2. The molecule has 0 aliphatic heterocycles. The van der Waals surface area contributed by atoms with E-state index in [1.165, 1.54) is 0 Å². The summed E-state index contributed by atoms with van der Waals surface area (Å²) in [6.07, 6.45) is 0.865. The van der Waals surface area contributed by atoms with Crippen LogP contribution in [0.5, 0.6) is 0 Å². The van der Waals surface area contributed by atoms with Crippen LogP contribution in [0, 0.1) is 5.41 Å². The molecule has 0 saturated heterocycles. The maximum Gasteiger partial charge on any atom is 1.00 e. The molecule has 0 spiro atoms. The van der Waals surface area contributed by atoms with Crippen LogP contribution in [0.4, 0.5) is 0 Å². The first kappa shape index (κ1) is 15.5. The van der Waals surface area contributed by atoms with E-state index in [1.54, 1.807) is 0 Å². The van der Waals surface area contributed by atoms with Crippen LogP contribution in [-0.4, -0.2) is 11.4 Å². The Morgan fingerprint density at radius 3 is 1.77 bits per heavy atom. The number of nitrogens with two attached hydrogens (primary N) is 1. The van der Waals surface area contributed by atoms with Crippen molar-refractivity contribution in [2.24, 2.45) is 16.1 Å². The predicted octanol–water partition coefficient (Wildman–Crippen LogP) is -0.305. The first-order valence-electron chi connectivity index (χ1n) is 4.44. The molecule has 2 N–H and O–H groups in total. The van der Waals surface area contributed by atoms with E-state index in [2.05, 4.69) is 46.5 Å². The van der Waals surface area contributed by atoms with Gasteiger partial charge in [0.2, 0.25) is 0 Å². The number of amidine groups is 1. The summed E-state index contributed by atoms with van der Waals surface area (Å²) in [7, 11) is 0. The maximum absolute atomic E-state index is 5.80. The molecule has 74 valence electrons. The van der Waals surface area contributed by atoms with Crippen molar-refractivity contribution >= 4 is 5.84 Å². The number of aliphatic imine (C=N–C) groups is 1. The standard InChI is InChI=1S/C10H22N2.Li.H/c1-9(2,3)7-8(11)12-10(4,5)6;;/h7H2,1-6H3,(H2,11,12);;/q;+1;-1. The Balaban J connectivity index is -0.000000605. The third-order valence-corrected chi connectivity index (χ3v) is 1.19. The van der Waals surface area contributed by atoms with Gasteiger partial charge in [-0.1, -0.05) is 20.8 Å². The molecule has 0 heterocycles. The third kappa shape index (κ3) is 12.1. The van der Waals surface area contributed by atoms with Gasteiger partial charge in [-0.15, -0.1) is 0 Å². The summed E-state index contributed by atoms with van der Waals surface area (Å²) in [6.45, 7) is 12.7. The van der Waals surface area contributed by atoms with Crippen LogP contribution in [0.1, 0.15) is 49.4 Å². The third-order valence-electron chi connectivity index (χ3n) is 1.19. The molecule has 0 unspecified atom stereocenters. The van der Waals surface area contributed by atoms with Crippen molar-refractivity contribution in [1.82, 2.24) is 0 Å². The molecule has 0 amide bonds. The van der Waals surface area contributed by atoms with Crippen LogP contribution >= 0.6 is 0 Å². The van der Waals surface area contributed by atoms with Crippen LogP contribution in [0.3, 0.4) is 0 Å². The molecule has 0 fully saturated rings. The summed E-state index contributed by atoms with van der Waals surface area (Å²) in [4.78, 5) is 4.39. The molecule has 0 bridgehead atoms. The normalized spacial score (nSPS) is 13.8. The Hall–Kier alpha value is 0.0674. The van der Waals surface area contributed by atoms with E-state index in [9.17, 15) is 0 Å². The Morgan fingerprint density at radius 2 is 1.54 bits per heavy atom. The molecule has 0 radical (unpaired) electrons. The molecule has 2 nitrogen and oxygen atoms in total. The SMILES string of the molecule is CC(C)(C)CC(N)=NC(C)(C)C.[H-].[Li+]. The van der Waals surface area contributed by atoms with Crippen molar-refractivity contribution in [3.63, 3.8) is 0 Å². The molecule has 0 aromatic carbocycles. The fourth-order valence-electron chi connectivity index (χ4n) is 1.01. The van der Waals surface area contributed by atoms with E-state index in [1.807, 2.05) is 0 Å². The second-order valence-electron chi connectivity index (χ2n) is 5.51. The van der Waals surface area contributed by atoms with E-state index in [-0.39, 0.29) is 31.2 Å². The molecular weight excluding hydrogens is 155 g/mol. The van der Waals surface area contributed by atoms with E-state index in [0.29, 0.717) is 0 Å². The maximum atomic E-state index is 5.80. The Labute approximate surface area is 96.0 Å². The van der Waals surface area contributed by atoms with E-state index >= 15 is 0 Å². The van der Waals surface area contributed by atoms with Gasteiger partial charge in [-0.2, -0.15) is 0 Å². The van der Waals surface area contributed by atoms with Gasteiger partial charge in [0, 0.05) is 6.42 Å². The molecule has 0 aliphatic carbocycles. The summed E-state index contributed by atoms with van der Waals surface area (Å²) in [5.74, 6) is 0.759. The largest absolute Gasteiger partial charge is 1.00 e. The van der Waals surface area contributed by atoms with E-state index in [0.717, 1.165) is 12.3 Å². The van der Waals surface area contributed by atoms with Gasteiger partial charge >= 0.3 is 18.9 Å². The molecule has 3 heteroatoms. The van der Waals surface area contributed by atoms with Gasteiger partial charge in [-0.3, -0.25) is 4.99 Å². The summed E-state index contributed by atoms with van der Waals surface area (Å²) >= 11 is 0. The average Bonchev–Trinajstić information content (AvgIpc) is 1.49. The first-order valence-corrected chi connectivity index (χ1v) is 4.44. The van der Waals surface area contributed by atoms with Gasteiger partial charge in [-0.25, -0.2) is 0 Å². The van der Waals surface area contributed by atoms with Crippen LogP contribution in [0.2, 0.25) is 0 Å². The van der Waals surface area contributed by atoms with Gasteiger partial charge in [0.05, 0.1) is 11.4 Å². The van der Waals surface area contributed by atoms with Crippen LogP contribution in [0.25, 0.3) is 0 Å². The van der Waals surface area contributed by atoms with E-state index in [4.69, 9.17) is 5.73 Å². The smallest absolute Gasteiger partial charge is 1.00 e. The molecule has 0 rings (SSSR count). The quantitative estimate of drug-likeness (QED) is 0.334. The Morgan fingerprint density at radius 1 is 1.15 bits per heavy atom. The van der Waals surface area contributed by atoms with Crippen LogP contribution in [0.15, 0.2) is 4.99 Å². The number of hydrogen-bond donors (Lipinski definition) is 1. The summed E-state index contributed by atoms with van der Waals surface area (Å²) in [5.41, 5.74) is 5.98. The summed E-state index contributed by atoms with van der Waals surface area (Å²) in [6, 6.07) is 0. The minimum absolute atomic E-state index is 0. The van der Waals surface area contributed by atoms with Crippen molar-refractivity contribution in [3.05, 3.63) is 0 Å². The zero-order valence-corrected chi connectivity index (χ0v) is 10.2. The minimum atomic E-state index is -0.0463. The molecule has 0 aromatic rings. The summed E-state index contributed by atoms with van der Waals surface area (Å²) in [5, 5.41) is 0. The van der Waals surface area contributed by atoms with E-state index < -0.39 is 0 Å². The monoisotopic (exact) mass is 178 g/mol. The van der Waals surface area contributed by atoms with Crippen molar-refractivity contribution in [2.45, 2.75) is 53.5 Å².